The van der Waals surface area contributed by atoms with Gasteiger partial charge in [0.1, 0.15) is 5.51 Å². The van der Waals surface area contributed by atoms with Crippen LogP contribution < -0.4 is 10.2 Å². The van der Waals surface area contributed by atoms with Gasteiger partial charge in [0.2, 0.25) is 11.1 Å². The summed E-state index contributed by atoms with van der Waals surface area (Å²) in [5.74, 6) is 0.705. The summed E-state index contributed by atoms with van der Waals surface area (Å²) < 4.78 is 0. The topological polar surface area (TPSA) is 87.1 Å². The molecule has 1 aliphatic heterocycles. The van der Waals surface area contributed by atoms with Crippen LogP contribution in [-0.2, 0) is 0 Å². The Morgan fingerprint density at radius 3 is 2.60 bits per heavy atom. The van der Waals surface area contributed by atoms with Crippen LogP contribution in [0, 0.1) is 0 Å². The molecule has 0 saturated carbocycles. The molecular weight excluding hydrogens is 278 g/mol. The summed E-state index contributed by atoms with van der Waals surface area (Å²) in [5, 5.41) is 10.7. The molecule has 0 radical (unpaired) electrons. The largest absolute Gasteiger partial charge is 0.337 e. The zero-order valence-electron chi connectivity index (χ0n) is 10.6. The highest BCUT2D eigenvalue weighted by Gasteiger charge is 2.22. The average Bonchev–Trinajstić information content (AvgIpc) is 3.01. The molecule has 8 nitrogen and oxygen atoms in total. The number of nitrogens with one attached hydrogen (secondary N) is 1. The van der Waals surface area contributed by atoms with E-state index in [-0.39, 0.29) is 6.03 Å². The van der Waals surface area contributed by atoms with Crippen LogP contribution in [0.15, 0.2) is 24.0 Å². The molecule has 0 atom stereocenters. The van der Waals surface area contributed by atoms with Crippen molar-refractivity contribution in [3.8, 4) is 0 Å². The van der Waals surface area contributed by atoms with Crippen LogP contribution in [0.25, 0.3) is 0 Å². The number of carbonyl (C=O) groups is 1. The van der Waals surface area contributed by atoms with Crippen molar-refractivity contribution < 1.29 is 4.79 Å². The van der Waals surface area contributed by atoms with Crippen molar-refractivity contribution in [2.45, 2.75) is 0 Å². The average molecular weight is 291 g/mol. The number of anilines is 2. The van der Waals surface area contributed by atoms with Crippen LogP contribution in [0.3, 0.4) is 0 Å². The van der Waals surface area contributed by atoms with E-state index in [1.54, 1.807) is 28.9 Å². The lowest BCUT2D eigenvalue weighted by molar-refractivity contribution is 0.208. The van der Waals surface area contributed by atoms with Crippen LogP contribution in [0.2, 0.25) is 0 Å². The van der Waals surface area contributed by atoms with Gasteiger partial charge in [0.15, 0.2) is 0 Å². The van der Waals surface area contributed by atoms with Gasteiger partial charge < -0.3 is 9.80 Å². The Hall–Kier alpha value is -2.29. The molecule has 1 N–H and O–H groups in total. The molecule has 0 aromatic carbocycles. The van der Waals surface area contributed by atoms with E-state index in [0.717, 1.165) is 0 Å². The van der Waals surface area contributed by atoms with Gasteiger partial charge in [0, 0.05) is 38.6 Å². The standard InChI is InChI=1S/C11H13N7OS/c19-11(15-10-16-14-8-20-10)18-6-4-17(5-7-18)9-12-2-1-3-13-9/h1-3,8H,4-7H2,(H,15,16,19). The number of piperazine rings is 1. The van der Waals surface area contributed by atoms with Gasteiger partial charge in [-0.15, -0.1) is 10.2 Å². The first-order valence-electron chi connectivity index (χ1n) is 6.17. The third-order valence-electron chi connectivity index (χ3n) is 2.98. The lowest BCUT2D eigenvalue weighted by atomic mass is 10.3. The van der Waals surface area contributed by atoms with Crippen LogP contribution >= 0.6 is 11.3 Å². The first-order valence-corrected chi connectivity index (χ1v) is 7.05. The van der Waals surface area contributed by atoms with Crippen molar-refractivity contribution in [2.24, 2.45) is 0 Å². The van der Waals surface area contributed by atoms with Gasteiger partial charge in [0.25, 0.3) is 0 Å². The zero-order valence-corrected chi connectivity index (χ0v) is 11.5. The van der Waals surface area contributed by atoms with Gasteiger partial charge in [-0.3, -0.25) is 5.32 Å². The summed E-state index contributed by atoms with van der Waals surface area (Å²) in [6.45, 7) is 2.69. The fourth-order valence-electron chi connectivity index (χ4n) is 1.96. The molecule has 0 aliphatic carbocycles. The van der Waals surface area contributed by atoms with Crippen LogP contribution in [0.1, 0.15) is 0 Å². The van der Waals surface area contributed by atoms with Crippen molar-refractivity contribution >= 4 is 28.4 Å². The van der Waals surface area contributed by atoms with Gasteiger partial charge in [-0.2, -0.15) is 0 Å². The lowest BCUT2D eigenvalue weighted by Gasteiger charge is -2.34. The summed E-state index contributed by atoms with van der Waals surface area (Å²) >= 11 is 1.30. The van der Waals surface area contributed by atoms with Crippen molar-refractivity contribution in [3.05, 3.63) is 24.0 Å². The molecule has 0 spiro atoms. The van der Waals surface area contributed by atoms with Crippen molar-refractivity contribution in [1.29, 1.82) is 0 Å². The summed E-state index contributed by atoms with van der Waals surface area (Å²) in [6.07, 6.45) is 3.44. The quantitative estimate of drug-likeness (QED) is 0.875. The smallest absolute Gasteiger partial charge is 0.323 e. The molecule has 0 unspecified atom stereocenters. The van der Waals surface area contributed by atoms with E-state index in [0.29, 0.717) is 37.3 Å². The Morgan fingerprint density at radius 2 is 1.95 bits per heavy atom. The number of rotatable bonds is 2. The highest BCUT2D eigenvalue weighted by atomic mass is 32.1. The summed E-state index contributed by atoms with van der Waals surface area (Å²) in [7, 11) is 0. The number of hydrogen-bond donors (Lipinski definition) is 1. The Morgan fingerprint density at radius 1 is 1.20 bits per heavy atom. The van der Waals surface area contributed by atoms with Gasteiger partial charge >= 0.3 is 6.03 Å². The molecule has 20 heavy (non-hydrogen) atoms. The third-order valence-corrected chi connectivity index (χ3v) is 3.58. The SMILES string of the molecule is O=C(Nc1nncs1)N1CCN(c2ncccn2)CC1. The zero-order chi connectivity index (χ0) is 13.8. The molecule has 9 heteroatoms. The lowest BCUT2D eigenvalue weighted by Crippen LogP contribution is -2.50. The highest BCUT2D eigenvalue weighted by molar-refractivity contribution is 7.13. The third kappa shape index (κ3) is 2.82. The second kappa shape index (κ2) is 5.78. The predicted molar refractivity (Wildman–Crippen MR) is 74.7 cm³/mol. The number of aromatic nitrogens is 4. The van der Waals surface area contributed by atoms with E-state index < -0.39 is 0 Å². The maximum Gasteiger partial charge on any atom is 0.323 e. The molecular formula is C11H13N7OS. The van der Waals surface area contributed by atoms with Gasteiger partial charge in [-0.1, -0.05) is 11.3 Å². The number of nitrogens with zero attached hydrogens (tertiary/aromatic N) is 6. The molecule has 1 saturated heterocycles. The minimum atomic E-state index is -0.143. The van der Waals surface area contributed by atoms with Crippen LogP contribution in [0.5, 0.6) is 0 Å². The summed E-state index contributed by atoms with van der Waals surface area (Å²) in [4.78, 5) is 24.3. The van der Waals surface area contributed by atoms with E-state index >= 15 is 0 Å². The van der Waals surface area contributed by atoms with E-state index in [1.165, 1.54) is 11.3 Å². The Bertz CT molecular complexity index is 553. The minimum Gasteiger partial charge on any atom is -0.337 e. The van der Waals surface area contributed by atoms with E-state index in [2.05, 4.69) is 30.4 Å². The van der Waals surface area contributed by atoms with Gasteiger partial charge in [-0.25, -0.2) is 14.8 Å². The van der Waals surface area contributed by atoms with Gasteiger partial charge in [-0.05, 0) is 6.07 Å². The molecule has 1 fully saturated rings. The number of urea groups is 1. The van der Waals surface area contributed by atoms with Crippen molar-refractivity contribution in [1.82, 2.24) is 25.1 Å². The second-order valence-electron chi connectivity index (χ2n) is 4.20. The molecule has 2 aromatic heterocycles. The number of amides is 2. The van der Waals surface area contributed by atoms with E-state index in [1.807, 2.05) is 0 Å². The van der Waals surface area contributed by atoms with Crippen LogP contribution in [-0.4, -0.2) is 57.3 Å². The van der Waals surface area contributed by atoms with E-state index in [9.17, 15) is 4.79 Å². The molecule has 2 aromatic rings. The Labute approximate surface area is 119 Å². The molecule has 2 amide bonds. The van der Waals surface area contributed by atoms with Crippen molar-refractivity contribution in [2.75, 3.05) is 36.4 Å². The Kier molecular flexibility index (Phi) is 3.68. The van der Waals surface area contributed by atoms with E-state index in [4.69, 9.17) is 0 Å². The molecule has 3 rings (SSSR count). The fraction of sp³-hybridized carbons (Fsp3) is 0.364. The van der Waals surface area contributed by atoms with Crippen LogP contribution in [0.4, 0.5) is 15.9 Å². The monoisotopic (exact) mass is 291 g/mol. The minimum absolute atomic E-state index is 0.143. The van der Waals surface area contributed by atoms with Gasteiger partial charge in [0.05, 0.1) is 0 Å². The van der Waals surface area contributed by atoms with Crippen molar-refractivity contribution in [3.63, 3.8) is 0 Å². The summed E-state index contributed by atoms with van der Waals surface area (Å²) in [6, 6.07) is 1.64. The molecule has 1 aliphatic rings. The highest BCUT2D eigenvalue weighted by Crippen LogP contribution is 2.12. The molecule has 0 bridgehead atoms. The maximum atomic E-state index is 12.0. The normalized spacial score (nSPS) is 15.2. The maximum absolute atomic E-state index is 12.0. The summed E-state index contributed by atoms with van der Waals surface area (Å²) in [5.41, 5.74) is 1.58. The number of carbonyl (C=O) groups excluding carboxylic acids is 1. The molecule has 3 heterocycles. The molecule has 104 valence electrons. The first-order chi connectivity index (χ1) is 9.83. The predicted octanol–water partition coefficient (Wildman–Crippen LogP) is 0.682. The Balaban J connectivity index is 1.54. The first kappa shape index (κ1) is 12.7. The second-order valence-corrected chi connectivity index (χ2v) is 5.03. The fourth-order valence-corrected chi connectivity index (χ4v) is 2.40. The number of hydrogen-bond acceptors (Lipinski definition) is 7.